The second-order valence-corrected chi connectivity index (χ2v) is 43.6. The van der Waals surface area contributed by atoms with Crippen molar-refractivity contribution in [3.63, 3.8) is 0 Å². The van der Waals surface area contributed by atoms with E-state index >= 15 is 0 Å². The average molecular weight is 2120 g/mol. The molecule has 798 valence electrons. The number of aryl methyl sites for hydroxylation is 8. The third-order valence-corrected chi connectivity index (χ3v) is 34.1. The van der Waals surface area contributed by atoms with Crippen molar-refractivity contribution in [3.8, 4) is 68.5 Å². The van der Waals surface area contributed by atoms with Crippen LogP contribution in [-0.4, -0.2) is 356 Å². The highest BCUT2D eigenvalue weighted by Crippen LogP contribution is 2.40. The van der Waals surface area contributed by atoms with Gasteiger partial charge in [-0.25, -0.2) is 53.6 Å². The molecule has 16 rings (SSSR count). The van der Waals surface area contributed by atoms with Gasteiger partial charge in [-0.05, 0) is 132 Å². The molecule has 0 radical (unpaired) electrons. The highest BCUT2D eigenvalue weighted by atomic mass is 32.2. The fourth-order valence-corrected chi connectivity index (χ4v) is 25.0. The summed E-state index contributed by atoms with van der Waals surface area (Å²) in [4.78, 5) is 103. The van der Waals surface area contributed by atoms with E-state index in [1.54, 1.807) is 63.7 Å². The van der Waals surface area contributed by atoms with Gasteiger partial charge in [0.1, 0.15) is 79.4 Å². The number of aliphatic hydroxyl groups is 5. The maximum atomic E-state index is 13.5. The molecular formula is C99H135N21O23S4. The minimum Gasteiger partial charge on any atom is -0.493 e. The number of piperazine rings is 4. The third-order valence-electron chi connectivity index (χ3n) is 26.6. The number of aldehydes is 1. The Hall–Kier alpha value is -11.8. The maximum absolute atomic E-state index is 13.5. The molecule has 0 unspecified atom stereocenters. The minimum atomic E-state index is -3.82. The number of sulfonamides is 4. The first-order chi connectivity index (χ1) is 70.6. The molecule has 4 fully saturated rings. The van der Waals surface area contributed by atoms with Gasteiger partial charge in [-0.1, -0.05) is 58.5 Å². The summed E-state index contributed by atoms with van der Waals surface area (Å²) < 4.78 is 143. The highest BCUT2D eigenvalue weighted by molar-refractivity contribution is 7.90. The number of aromatic amines is 4. The van der Waals surface area contributed by atoms with Gasteiger partial charge in [0, 0.05) is 188 Å². The first kappa shape index (κ1) is 112. The molecule has 4 aliphatic rings. The lowest BCUT2D eigenvalue weighted by atomic mass is 10.1. The van der Waals surface area contributed by atoms with Crippen molar-refractivity contribution < 1.29 is 88.2 Å². The molecule has 4 aromatic carbocycles. The van der Waals surface area contributed by atoms with E-state index in [1.165, 1.54) is 72.0 Å². The Morgan fingerprint density at radius 1 is 0.361 bits per heavy atom. The van der Waals surface area contributed by atoms with Crippen LogP contribution in [0.1, 0.15) is 125 Å². The van der Waals surface area contributed by atoms with Crippen LogP contribution < -0.4 is 41.2 Å². The largest absolute Gasteiger partial charge is 0.493 e. The van der Waals surface area contributed by atoms with Crippen molar-refractivity contribution in [2.24, 2.45) is 33.3 Å². The van der Waals surface area contributed by atoms with Crippen molar-refractivity contribution in [1.82, 2.24) is 95.0 Å². The first-order valence-corrected chi connectivity index (χ1v) is 55.4. The topological polar surface area (TPSA) is 553 Å². The molecule has 0 spiro atoms. The summed E-state index contributed by atoms with van der Waals surface area (Å²) in [5.41, 5.74) is 8.27. The zero-order valence-electron chi connectivity index (χ0n) is 85.2. The van der Waals surface area contributed by atoms with E-state index in [0.29, 0.717) is 283 Å². The van der Waals surface area contributed by atoms with E-state index in [-0.39, 0.29) is 92.5 Å². The lowest BCUT2D eigenvalue weighted by molar-refractivity contribution is 0.111. The van der Waals surface area contributed by atoms with Crippen LogP contribution in [0.25, 0.3) is 89.7 Å². The smallest absolute Gasteiger partial charge is 0.275 e. The van der Waals surface area contributed by atoms with Gasteiger partial charge < -0.3 is 87.9 Å². The number of β-amino-alcohol motifs (C(OH)–C–C–N with tert-alkyl or cyclic N) is 4. The van der Waals surface area contributed by atoms with Gasteiger partial charge in [-0.2, -0.15) is 17.2 Å². The van der Waals surface area contributed by atoms with E-state index < -0.39 is 51.2 Å². The fraction of sp³-hybridized carbons (Fsp3) is 0.495. The van der Waals surface area contributed by atoms with Crippen LogP contribution in [0, 0.1) is 0 Å². The summed E-state index contributed by atoms with van der Waals surface area (Å²) in [7, 11) is -8.31. The molecule has 0 bridgehead atoms. The number of carbonyl (C=O) groups is 1. The lowest BCUT2D eigenvalue weighted by Crippen LogP contribution is -2.49. The predicted molar refractivity (Wildman–Crippen MR) is 558 cm³/mol. The van der Waals surface area contributed by atoms with Crippen LogP contribution in [0.4, 0.5) is 0 Å². The number of benzene rings is 4. The summed E-state index contributed by atoms with van der Waals surface area (Å²) in [6.07, 6.45) is 9.76. The van der Waals surface area contributed by atoms with Crippen molar-refractivity contribution in [3.05, 3.63) is 160 Å². The van der Waals surface area contributed by atoms with Gasteiger partial charge in [-0.15, -0.1) is 0 Å². The second kappa shape index (κ2) is 50.0. The van der Waals surface area contributed by atoms with Crippen LogP contribution >= 0.6 is 0 Å². The Balaban J connectivity index is 0.000000164. The van der Waals surface area contributed by atoms with Crippen molar-refractivity contribution in [2.45, 2.75) is 133 Å². The number of oxime groups is 1. The maximum Gasteiger partial charge on any atom is 0.275 e. The van der Waals surface area contributed by atoms with Crippen LogP contribution in [0.15, 0.2) is 123 Å². The highest BCUT2D eigenvalue weighted by Gasteiger charge is 2.37. The molecule has 0 atom stereocenters. The van der Waals surface area contributed by atoms with E-state index in [2.05, 4.69) is 32.0 Å². The Morgan fingerprint density at radius 3 is 0.912 bits per heavy atom. The fourth-order valence-electron chi connectivity index (χ4n) is 19.2. The van der Waals surface area contributed by atoms with Gasteiger partial charge in [0.25, 0.3) is 22.2 Å². The number of ether oxygens (including phenoxy) is 4. The predicted octanol–water partition coefficient (Wildman–Crippen LogP) is 5.43. The molecule has 8 aromatic heterocycles. The van der Waals surface area contributed by atoms with Crippen molar-refractivity contribution in [1.29, 1.82) is 0 Å². The molecule has 10 N–H and O–H groups in total. The molecule has 0 aliphatic carbocycles. The zero-order chi connectivity index (χ0) is 106. The summed E-state index contributed by atoms with van der Waals surface area (Å²) in [5.74, 6) is 2.49. The van der Waals surface area contributed by atoms with E-state index in [9.17, 15) is 73.1 Å². The second-order valence-electron chi connectivity index (χ2n) is 35.8. The van der Waals surface area contributed by atoms with Gasteiger partial charge in [0.2, 0.25) is 40.1 Å². The molecular weight excluding hydrogens is 1980 g/mol. The third kappa shape index (κ3) is 24.2. The van der Waals surface area contributed by atoms with E-state index in [1.807, 2.05) is 81.3 Å². The summed E-state index contributed by atoms with van der Waals surface area (Å²) in [6.45, 7) is 25.6. The molecule has 0 amide bonds. The Kier molecular flexibility index (Phi) is 38.2. The molecule has 0 saturated carbocycles. The molecule has 4 aliphatic heterocycles. The molecule has 12 heterocycles. The average Bonchev–Trinajstić information content (AvgIpc) is 1.61. The van der Waals surface area contributed by atoms with Gasteiger partial charge in [0.05, 0.1) is 130 Å². The summed E-state index contributed by atoms with van der Waals surface area (Å²) in [6, 6.07) is 18.4. The summed E-state index contributed by atoms with van der Waals surface area (Å²) in [5, 5.41) is 58.9. The molecule has 48 heteroatoms. The van der Waals surface area contributed by atoms with Crippen LogP contribution in [0.5, 0.6) is 23.0 Å². The van der Waals surface area contributed by atoms with E-state index in [4.69, 9.17) is 54.2 Å². The van der Waals surface area contributed by atoms with Crippen LogP contribution in [0.3, 0.4) is 0 Å². The zero-order valence-corrected chi connectivity index (χ0v) is 88.4. The SMILES string of the molecule is CCCc1c(/C=N/O)n(C)c2c(=O)[nH]c(-c3cc(S(=O)(=O)N4CCN(CCO)CC4)ccc3OCC)nc12.CCCc1c(C=O)n(C)c2c(=O)[nH]c(-c3cc(S(=O)(=O)N4CCN(CCO)CC4)ccc3OCC)nc12.CCCc1c(CO)n(C)c2c(=O)[nH]c(-c3cc(S(=O)(=O)N4CCN(CCO)CC4)ccc3OCC)nc12.CCCc1cn(C)c2c(=O)[nH]c(-c3cc(S(=O)(=O)N4CCN(CCO)CC4)ccc3OCC)nc12. The number of nitrogens with zero attached hydrogens (tertiary/aromatic N) is 17. The Morgan fingerprint density at radius 2 is 0.633 bits per heavy atom. The molecule has 4 saturated heterocycles. The van der Waals surface area contributed by atoms with Crippen LogP contribution in [0.2, 0.25) is 0 Å². The quantitative estimate of drug-likeness (QED) is 0.00994. The number of hydrogen-bond acceptors (Lipinski definition) is 32. The van der Waals surface area contributed by atoms with Gasteiger partial charge in [0.15, 0.2) is 6.29 Å². The molecule has 147 heavy (non-hydrogen) atoms. The lowest BCUT2D eigenvalue weighted by Gasteiger charge is -2.33. The number of hydrogen-bond donors (Lipinski definition) is 10. The number of carbonyl (C=O) groups excluding carboxylic acids is 1. The number of H-pyrrole nitrogens is 4. The number of fused-ring (bicyclic) bond motifs is 4. The number of aromatic nitrogens is 12. The number of rotatable bonds is 39. The van der Waals surface area contributed by atoms with Gasteiger partial charge in [-0.3, -0.25) is 43.6 Å². The monoisotopic (exact) mass is 2110 g/mol. The van der Waals surface area contributed by atoms with E-state index in [0.717, 1.165) is 55.1 Å². The normalized spacial score (nSPS) is 15.5. The van der Waals surface area contributed by atoms with Crippen molar-refractivity contribution in [2.75, 3.05) is 184 Å². The standard InChI is InChI=1S/C25H34N6O6S.C25H35N5O6S.C25H33N5O6S.C24H33N5O5S/c1-4-6-18-20(16-26-34)29(3)23-22(18)27-24(28-25(23)33)19-15-17(7-8-21(19)37-5-2)38(35,36)31-11-9-30(10-12-31)13-14-32;2*1-4-6-18-20(16-32)28(3)23-22(18)26-24(27-25(23)33)19-15-17(7-8-21(19)36-5-2)37(34,35)30-11-9-29(10-12-30)13-14-31;1-4-6-17-16-27(3)22-21(17)25-23(26-24(22)31)19-15-18(7-8-20(19)34-5-2)35(32,33)29-11-9-28(10-12-29)13-14-30/h7-8,15-16,32,34H,4-6,9-14H2,1-3H3,(H,27,28,33);7-8,15,31-32H,4-6,9-14,16H2,1-3H3,(H,26,27,33);7-8,15-16,31H,4-6,9-14H2,1-3H3,(H,26,27,33);7-8,15-16,30H,4-6,9-14H2,1-3H3,(H,25,26,31)/b26-16+;;;. The summed E-state index contributed by atoms with van der Waals surface area (Å²) >= 11 is 0. The molecule has 12 aromatic rings. The van der Waals surface area contributed by atoms with Crippen LogP contribution in [-0.2, 0) is 101 Å². The number of nitrogens with one attached hydrogen (secondary N) is 4. The minimum absolute atomic E-state index is 0.0280. The Labute approximate surface area is 853 Å². The van der Waals surface area contributed by atoms with Gasteiger partial charge >= 0.3 is 0 Å². The Bertz CT molecular complexity index is 7470. The van der Waals surface area contributed by atoms with Crippen molar-refractivity contribution >= 4 is 96.7 Å². The first-order valence-electron chi connectivity index (χ1n) is 49.7. The molecule has 44 nitrogen and oxygen atoms in total. The number of aliphatic hydroxyl groups excluding tert-OH is 5.